The van der Waals surface area contributed by atoms with Crippen LogP contribution < -0.4 is 0 Å². The highest BCUT2D eigenvalue weighted by Crippen LogP contribution is 2.39. The minimum atomic E-state index is -4.92. The fourth-order valence-electron chi connectivity index (χ4n) is 5.24. The summed E-state index contributed by atoms with van der Waals surface area (Å²) in [7, 11) is 0. The van der Waals surface area contributed by atoms with Gasteiger partial charge in [0.2, 0.25) is 0 Å². The van der Waals surface area contributed by atoms with Gasteiger partial charge in [-0.05, 0) is 77.8 Å². The van der Waals surface area contributed by atoms with Crippen LogP contribution in [0.1, 0.15) is 75.3 Å². The number of rotatable bonds is 6. The lowest BCUT2D eigenvalue weighted by atomic mass is 9.77. The average molecular weight is 503 g/mol. The topological polar surface area (TPSA) is 0 Å². The predicted octanol–water partition coefficient (Wildman–Crippen LogP) is 9.69. The van der Waals surface area contributed by atoms with Crippen molar-refractivity contribution in [2.45, 2.75) is 70.4 Å². The van der Waals surface area contributed by atoms with Crippen LogP contribution >= 0.6 is 0 Å². The zero-order chi connectivity index (χ0) is 25.9. The third kappa shape index (κ3) is 6.06. The lowest BCUT2D eigenvalue weighted by Gasteiger charge is -2.29. The molecule has 0 unspecified atom stereocenters. The van der Waals surface area contributed by atoms with Crippen molar-refractivity contribution < 1.29 is 26.3 Å². The van der Waals surface area contributed by atoms with E-state index in [-0.39, 0.29) is 5.39 Å². The minimum Gasteiger partial charge on any atom is -0.206 e. The molecule has 1 aliphatic carbocycles. The third-order valence-corrected chi connectivity index (χ3v) is 7.19. The van der Waals surface area contributed by atoms with E-state index in [9.17, 15) is 26.3 Å². The number of benzene rings is 3. The van der Waals surface area contributed by atoms with E-state index in [1.807, 2.05) is 24.3 Å². The van der Waals surface area contributed by atoms with E-state index in [4.69, 9.17) is 0 Å². The molecule has 3 aromatic carbocycles. The second-order valence-electron chi connectivity index (χ2n) is 9.69. The zero-order valence-corrected chi connectivity index (χ0v) is 20.1. The van der Waals surface area contributed by atoms with E-state index < -0.39 is 34.6 Å². The van der Waals surface area contributed by atoms with Gasteiger partial charge in [-0.3, -0.25) is 0 Å². The van der Waals surface area contributed by atoms with Crippen LogP contribution in [0.25, 0.3) is 21.9 Å². The van der Waals surface area contributed by atoms with E-state index in [2.05, 4.69) is 6.92 Å². The number of unbranched alkanes of at least 4 members (excludes halogenated alkanes) is 2. The van der Waals surface area contributed by atoms with Gasteiger partial charge in [0.1, 0.15) is 11.6 Å². The molecule has 4 rings (SSSR count). The molecule has 0 aromatic heterocycles. The SMILES string of the molecule is CCCCCC1CCC(c2ccc(-c3cc(F)c4c(F)c(C#CC(F)(F)F)c(F)cc4c3)cc2)CC1. The molecule has 0 N–H and O–H groups in total. The van der Waals surface area contributed by atoms with Gasteiger partial charge in [-0.1, -0.05) is 62.8 Å². The Morgan fingerprint density at radius 1 is 0.833 bits per heavy atom. The first-order valence-electron chi connectivity index (χ1n) is 12.5. The van der Waals surface area contributed by atoms with Crippen LogP contribution in [-0.2, 0) is 0 Å². The summed E-state index contributed by atoms with van der Waals surface area (Å²) in [5.74, 6) is -0.103. The van der Waals surface area contributed by atoms with Crippen molar-refractivity contribution in [1.82, 2.24) is 0 Å². The monoisotopic (exact) mass is 502 g/mol. The Bertz CT molecular complexity index is 1270. The highest BCUT2D eigenvalue weighted by Gasteiger charge is 2.25. The minimum absolute atomic E-state index is 0.0805. The smallest absolute Gasteiger partial charge is 0.206 e. The fraction of sp³-hybridized carbons (Fsp3) is 0.400. The van der Waals surface area contributed by atoms with Gasteiger partial charge in [-0.2, -0.15) is 13.2 Å². The predicted molar refractivity (Wildman–Crippen MR) is 131 cm³/mol. The summed E-state index contributed by atoms with van der Waals surface area (Å²) in [5, 5.41) is -0.665. The second-order valence-corrected chi connectivity index (χ2v) is 9.69. The Kier molecular flexibility index (Phi) is 7.97. The largest absolute Gasteiger partial charge is 0.458 e. The Morgan fingerprint density at radius 3 is 2.17 bits per heavy atom. The molecule has 0 aliphatic heterocycles. The lowest BCUT2D eigenvalue weighted by molar-refractivity contribution is -0.0696. The van der Waals surface area contributed by atoms with Crippen LogP contribution in [0.2, 0.25) is 0 Å². The number of halogens is 6. The first-order chi connectivity index (χ1) is 17.2. The van der Waals surface area contributed by atoms with E-state index in [0.717, 1.165) is 36.8 Å². The molecule has 1 fully saturated rings. The number of hydrogen-bond donors (Lipinski definition) is 0. The van der Waals surface area contributed by atoms with Crippen LogP contribution in [0.15, 0.2) is 42.5 Å². The molecule has 6 heteroatoms. The Balaban J connectivity index is 1.54. The Morgan fingerprint density at radius 2 is 1.53 bits per heavy atom. The highest BCUT2D eigenvalue weighted by molar-refractivity contribution is 5.89. The van der Waals surface area contributed by atoms with Gasteiger partial charge in [0.05, 0.1) is 10.9 Å². The fourth-order valence-corrected chi connectivity index (χ4v) is 5.24. The maximum Gasteiger partial charge on any atom is 0.458 e. The normalized spacial score (nSPS) is 18.2. The van der Waals surface area contributed by atoms with Crippen molar-refractivity contribution in [3.8, 4) is 23.0 Å². The van der Waals surface area contributed by atoms with Gasteiger partial charge in [0, 0.05) is 5.92 Å². The number of alkyl halides is 3. The summed E-state index contributed by atoms with van der Waals surface area (Å²) in [6.07, 6.45) is 5.00. The van der Waals surface area contributed by atoms with Gasteiger partial charge in [0.25, 0.3) is 0 Å². The maximum absolute atomic E-state index is 14.9. The number of fused-ring (bicyclic) bond motifs is 1. The van der Waals surface area contributed by atoms with E-state index >= 15 is 0 Å². The molecular formula is C30H28F6. The molecular weight excluding hydrogens is 474 g/mol. The molecule has 190 valence electrons. The van der Waals surface area contributed by atoms with E-state index in [1.165, 1.54) is 56.1 Å². The molecule has 36 heavy (non-hydrogen) atoms. The lowest BCUT2D eigenvalue weighted by Crippen LogP contribution is -2.13. The van der Waals surface area contributed by atoms with Crippen molar-refractivity contribution in [2.75, 3.05) is 0 Å². The molecule has 1 aliphatic rings. The molecule has 0 bridgehead atoms. The summed E-state index contributed by atoms with van der Waals surface area (Å²) in [6.45, 7) is 2.22. The van der Waals surface area contributed by atoms with E-state index in [0.29, 0.717) is 17.0 Å². The summed E-state index contributed by atoms with van der Waals surface area (Å²) < 4.78 is 81.1. The molecule has 0 spiro atoms. The standard InChI is InChI=1S/C30H28F6/c1-2-3-4-5-19-6-8-20(9-7-19)21-10-12-22(13-11-21)23-16-24-18-26(31)25(14-15-30(34,35)36)29(33)28(24)27(32)17-23/h10-13,16-20H,2-9H2,1H3. The highest BCUT2D eigenvalue weighted by atomic mass is 19.4. The second kappa shape index (κ2) is 11.0. The molecule has 0 nitrogen and oxygen atoms in total. The number of hydrogen-bond acceptors (Lipinski definition) is 0. The van der Waals surface area contributed by atoms with Gasteiger partial charge < -0.3 is 0 Å². The van der Waals surface area contributed by atoms with Crippen LogP contribution in [0.4, 0.5) is 26.3 Å². The van der Waals surface area contributed by atoms with Crippen molar-refractivity contribution >= 4 is 10.8 Å². The van der Waals surface area contributed by atoms with Crippen molar-refractivity contribution in [3.63, 3.8) is 0 Å². The summed E-state index contributed by atoms with van der Waals surface area (Å²) in [5.41, 5.74) is 1.25. The van der Waals surface area contributed by atoms with Gasteiger partial charge >= 0.3 is 6.18 Å². The molecule has 0 heterocycles. The van der Waals surface area contributed by atoms with Crippen molar-refractivity contribution in [2.24, 2.45) is 5.92 Å². The Hall–Kier alpha value is -2.94. The van der Waals surface area contributed by atoms with E-state index in [1.54, 1.807) is 0 Å². The van der Waals surface area contributed by atoms with Crippen molar-refractivity contribution in [3.05, 3.63) is 71.0 Å². The first-order valence-corrected chi connectivity index (χ1v) is 12.5. The molecule has 0 saturated heterocycles. The van der Waals surface area contributed by atoms with Crippen LogP contribution in [0, 0.1) is 35.2 Å². The zero-order valence-electron chi connectivity index (χ0n) is 20.1. The van der Waals surface area contributed by atoms with Crippen molar-refractivity contribution in [1.29, 1.82) is 0 Å². The molecule has 1 saturated carbocycles. The van der Waals surface area contributed by atoms with Crippen LogP contribution in [0.5, 0.6) is 0 Å². The van der Waals surface area contributed by atoms with Gasteiger partial charge in [0.15, 0.2) is 5.82 Å². The summed E-state index contributed by atoms with van der Waals surface area (Å²) >= 11 is 0. The van der Waals surface area contributed by atoms with Gasteiger partial charge in [-0.15, -0.1) is 0 Å². The van der Waals surface area contributed by atoms with Crippen LogP contribution in [0.3, 0.4) is 0 Å². The third-order valence-electron chi connectivity index (χ3n) is 7.19. The molecule has 0 atom stereocenters. The summed E-state index contributed by atoms with van der Waals surface area (Å²) in [6, 6.07) is 11.2. The maximum atomic E-state index is 14.9. The molecule has 0 amide bonds. The van der Waals surface area contributed by atoms with Crippen LogP contribution in [-0.4, -0.2) is 6.18 Å². The quantitative estimate of drug-likeness (QED) is 0.179. The average Bonchev–Trinajstić information content (AvgIpc) is 2.83. The Labute approximate surface area is 207 Å². The first kappa shape index (κ1) is 26.1. The summed E-state index contributed by atoms with van der Waals surface area (Å²) in [4.78, 5) is 0. The van der Waals surface area contributed by atoms with Gasteiger partial charge in [-0.25, -0.2) is 13.2 Å². The molecule has 0 radical (unpaired) electrons. The molecule has 3 aromatic rings.